The standard InChI is InChI=1S/C24H22N4O3S/c1-3-21-25-20(14-32-21)15-5-4-6-16(11-15)23-26-24(31-27-23)17-12-22(29)28(13-17)18-7-9-19(30-2)10-8-18/h4-11,14,17H,3,12-13H2,1-2H3/t17-/m1/s1. The zero-order chi connectivity index (χ0) is 22.1. The van der Waals surface area contributed by atoms with E-state index >= 15 is 0 Å². The fourth-order valence-corrected chi connectivity index (χ4v) is 4.58. The van der Waals surface area contributed by atoms with E-state index in [0.717, 1.165) is 39.7 Å². The van der Waals surface area contributed by atoms with Crippen LogP contribution in [0.5, 0.6) is 5.75 Å². The Labute approximate surface area is 189 Å². The van der Waals surface area contributed by atoms with E-state index in [1.54, 1.807) is 23.3 Å². The Kier molecular flexibility index (Phi) is 5.45. The molecular formula is C24H22N4O3S. The number of thiazole rings is 1. The molecule has 5 rings (SSSR count). The molecule has 0 bridgehead atoms. The van der Waals surface area contributed by atoms with E-state index in [-0.39, 0.29) is 11.8 Å². The van der Waals surface area contributed by atoms with Gasteiger partial charge in [0.15, 0.2) is 0 Å². The zero-order valence-electron chi connectivity index (χ0n) is 17.8. The number of carbonyl (C=O) groups excluding carboxylic acids is 1. The topological polar surface area (TPSA) is 81.4 Å². The highest BCUT2D eigenvalue weighted by atomic mass is 32.1. The monoisotopic (exact) mass is 446 g/mol. The quantitative estimate of drug-likeness (QED) is 0.417. The van der Waals surface area contributed by atoms with E-state index in [1.807, 2.05) is 48.5 Å². The van der Waals surface area contributed by atoms with Gasteiger partial charge >= 0.3 is 0 Å². The number of hydrogen-bond acceptors (Lipinski definition) is 7. The van der Waals surface area contributed by atoms with Gasteiger partial charge in [0.25, 0.3) is 0 Å². The zero-order valence-corrected chi connectivity index (χ0v) is 18.6. The number of benzene rings is 2. The molecule has 1 atom stereocenters. The summed E-state index contributed by atoms with van der Waals surface area (Å²) in [5.41, 5.74) is 3.67. The van der Waals surface area contributed by atoms with Crippen LogP contribution in [0.25, 0.3) is 22.6 Å². The van der Waals surface area contributed by atoms with Crippen LogP contribution < -0.4 is 9.64 Å². The molecule has 2 aromatic carbocycles. The molecule has 1 aliphatic rings. The number of anilines is 1. The van der Waals surface area contributed by atoms with Gasteiger partial charge < -0.3 is 14.2 Å². The summed E-state index contributed by atoms with van der Waals surface area (Å²) < 4.78 is 10.8. The van der Waals surface area contributed by atoms with Gasteiger partial charge in [0.1, 0.15) is 5.75 Å². The molecule has 0 N–H and O–H groups in total. The van der Waals surface area contributed by atoms with Gasteiger partial charge in [-0.15, -0.1) is 11.3 Å². The lowest BCUT2D eigenvalue weighted by molar-refractivity contribution is -0.117. The number of carbonyl (C=O) groups is 1. The van der Waals surface area contributed by atoms with Crippen LogP contribution in [0.4, 0.5) is 5.69 Å². The molecule has 162 valence electrons. The maximum Gasteiger partial charge on any atom is 0.232 e. The number of methoxy groups -OCH3 is 1. The van der Waals surface area contributed by atoms with Gasteiger partial charge in [-0.25, -0.2) is 4.98 Å². The smallest absolute Gasteiger partial charge is 0.232 e. The lowest BCUT2D eigenvalue weighted by atomic mass is 10.1. The molecule has 0 saturated carbocycles. The van der Waals surface area contributed by atoms with Crippen molar-refractivity contribution in [3.63, 3.8) is 0 Å². The number of amides is 1. The number of nitrogens with zero attached hydrogens (tertiary/aromatic N) is 4. The Morgan fingerprint density at radius 3 is 2.72 bits per heavy atom. The van der Waals surface area contributed by atoms with Gasteiger partial charge in [0.2, 0.25) is 17.6 Å². The molecule has 0 spiro atoms. The van der Waals surface area contributed by atoms with Crippen molar-refractivity contribution in [1.82, 2.24) is 15.1 Å². The molecule has 1 saturated heterocycles. The van der Waals surface area contributed by atoms with Crippen molar-refractivity contribution < 1.29 is 14.1 Å². The molecule has 0 aliphatic carbocycles. The predicted octanol–water partition coefficient (Wildman–Crippen LogP) is 4.95. The second kappa shape index (κ2) is 8.55. The molecule has 4 aromatic rings. The van der Waals surface area contributed by atoms with Crippen molar-refractivity contribution in [3.05, 3.63) is 64.8 Å². The Morgan fingerprint density at radius 2 is 1.97 bits per heavy atom. The molecule has 0 unspecified atom stereocenters. The summed E-state index contributed by atoms with van der Waals surface area (Å²) >= 11 is 1.66. The number of hydrogen-bond donors (Lipinski definition) is 0. The van der Waals surface area contributed by atoms with Crippen LogP contribution >= 0.6 is 11.3 Å². The number of aryl methyl sites for hydroxylation is 1. The molecule has 7 nitrogen and oxygen atoms in total. The highest BCUT2D eigenvalue weighted by molar-refractivity contribution is 7.09. The third-order valence-corrected chi connectivity index (χ3v) is 6.56. The molecule has 32 heavy (non-hydrogen) atoms. The molecule has 1 amide bonds. The second-order valence-corrected chi connectivity index (χ2v) is 8.56. The van der Waals surface area contributed by atoms with E-state index in [2.05, 4.69) is 27.4 Å². The largest absolute Gasteiger partial charge is 0.497 e. The van der Waals surface area contributed by atoms with Gasteiger partial charge in [-0.3, -0.25) is 4.79 Å². The summed E-state index contributed by atoms with van der Waals surface area (Å²) in [5, 5.41) is 7.36. The van der Waals surface area contributed by atoms with Crippen LogP contribution in [0.1, 0.15) is 30.2 Å². The van der Waals surface area contributed by atoms with E-state index in [1.165, 1.54) is 0 Å². The van der Waals surface area contributed by atoms with Crippen LogP contribution in [0.2, 0.25) is 0 Å². The average molecular weight is 447 g/mol. The minimum Gasteiger partial charge on any atom is -0.497 e. The molecule has 2 aromatic heterocycles. The predicted molar refractivity (Wildman–Crippen MR) is 123 cm³/mol. The average Bonchev–Trinajstić information content (AvgIpc) is 3.59. The maximum atomic E-state index is 12.6. The highest BCUT2D eigenvalue weighted by Gasteiger charge is 2.35. The van der Waals surface area contributed by atoms with Gasteiger partial charge in [-0.1, -0.05) is 30.3 Å². The lowest BCUT2D eigenvalue weighted by Crippen LogP contribution is -2.24. The fraction of sp³-hybridized carbons (Fsp3) is 0.250. The first-order chi connectivity index (χ1) is 15.6. The normalized spacial score (nSPS) is 16.0. The highest BCUT2D eigenvalue weighted by Crippen LogP contribution is 2.33. The second-order valence-electron chi connectivity index (χ2n) is 7.62. The number of rotatable bonds is 6. The van der Waals surface area contributed by atoms with Crippen LogP contribution in [0, 0.1) is 0 Å². The van der Waals surface area contributed by atoms with Crippen molar-refractivity contribution in [2.75, 3.05) is 18.6 Å². The lowest BCUT2D eigenvalue weighted by Gasteiger charge is -2.16. The van der Waals surface area contributed by atoms with Crippen molar-refractivity contribution in [3.8, 4) is 28.4 Å². The maximum absolute atomic E-state index is 12.6. The molecule has 1 fully saturated rings. The summed E-state index contributed by atoms with van der Waals surface area (Å²) in [6, 6.07) is 15.4. The fourth-order valence-electron chi connectivity index (χ4n) is 3.83. The summed E-state index contributed by atoms with van der Waals surface area (Å²) in [5.74, 6) is 1.65. The number of aromatic nitrogens is 3. The first kappa shape index (κ1) is 20.4. The van der Waals surface area contributed by atoms with E-state index in [4.69, 9.17) is 9.26 Å². The van der Waals surface area contributed by atoms with Gasteiger partial charge in [0, 0.05) is 35.2 Å². The first-order valence-corrected chi connectivity index (χ1v) is 11.4. The first-order valence-electron chi connectivity index (χ1n) is 10.5. The van der Waals surface area contributed by atoms with Crippen molar-refractivity contribution >= 4 is 22.9 Å². The third-order valence-electron chi connectivity index (χ3n) is 5.57. The minimum absolute atomic E-state index is 0.0391. The molecule has 0 radical (unpaired) electrons. The Morgan fingerprint density at radius 1 is 1.16 bits per heavy atom. The van der Waals surface area contributed by atoms with Crippen LogP contribution in [0.3, 0.4) is 0 Å². The van der Waals surface area contributed by atoms with E-state index in [9.17, 15) is 4.79 Å². The Balaban J connectivity index is 1.35. The molecule has 3 heterocycles. The van der Waals surface area contributed by atoms with Crippen molar-refractivity contribution in [2.45, 2.75) is 25.7 Å². The number of ether oxygens (including phenoxy) is 1. The van der Waals surface area contributed by atoms with Gasteiger partial charge in [-0.05, 0) is 36.8 Å². The molecular weight excluding hydrogens is 424 g/mol. The summed E-state index contributed by atoms with van der Waals surface area (Å²) in [6.07, 6.45) is 1.26. The Hall–Kier alpha value is -3.52. The summed E-state index contributed by atoms with van der Waals surface area (Å²) in [6.45, 7) is 2.61. The SMILES string of the molecule is CCc1nc(-c2cccc(-c3noc([C@@H]4CC(=O)N(c5ccc(OC)cc5)C4)n3)c2)cs1. The van der Waals surface area contributed by atoms with Gasteiger partial charge in [0.05, 0.1) is 23.7 Å². The molecule has 1 aliphatic heterocycles. The van der Waals surface area contributed by atoms with Crippen molar-refractivity contribution in [2.24, 2.45) is 0 Å². The summed E-state index contributed by atoms with van der Waals surface area (Å²) in [7, 11) is 1.62. The van der Waals surface area contributed by atoms with Crippen LogP contribution in [0.15, 0.2) is 58.4 Å². The summed E-state index contributed by atoms with van der Waals surface area (Å²) in [4.78, 5) is 23.6. The Bertz CT molecular complexity index is 1250. The molecule has 8 heteroatoms. The van der Waals surface area contributed by atoms with Crippen LogP contribution in [-0.2, 0) is 11.2 Å². The van der Waals surface area contributed by atoms with Crippen LogP contribution in [-0.4, -0.2) is 34.7 Å². The van der Waals surface area contributed by atoms with Gasteiger partial charge in [-0.2, -0.15) is 4.98 Å². The third kappa shape index (κ3) is 3.89. The minimum atomic E-state index is -0.139. The van der Waals surface area contributed by atoms with E-state index < -0.39 is 0 Å². The van der Waals surface area contributed by atoms with E-state index in [0.29, 0.717) is 24.7 Å². The van der Waals surface area contributed by atoms with Crippen molar-refractivity contribution in [1.29, 1.82) is 0 Å².